The van der Waals surface area contributed by atoms with E-state index in [2.05, 4.69) is 21.4 Å². The van der Waals surface area contributed by atoms with Crippen molar-refractivity contribution >= 4 is 11.3 Å². The molecule has 0 bridgehead atoms. The number of ether oxygens (including phenoxy) is 1. The molecule has 0 amide bonds. The summed E-state index contributed by atoms with van der Waals surface area (Å²) in [5.41, 5.74) is 6.27. The van der Waals surface area contributed by atoms with Gasteiger partial charge in [-0.05, 0) is 17.5 Å². The molecular formula is C11H13N3OS. The number of aromatic nitrogens is 2. The highest BCUT2D eigenvalue weighted by atomic mass is 32.1. The molecule has 2 aromatic heterocycles. The first kappa shape index (κ1) is 11.0. The molecule has 16 heavy (non-hydrogen) atoms. The summed E-state index contributed by atoms with van der Waals surface area (Å²) in [4.78, 5) is 9.48. The second-order valence-electron chi connectivity index (χ2n) is 3.21. The predicted molar refractivity (Wildman–Crippen MR) is 63.4 cm³/mol. The SMILES string of the molecule is NCc1ccnc(OCCc2cccs2)n1. The van der Waals surface area contributed by atoms with Crippen molar-refractivity contribution in [3.8, 4) is 6.01 Å². The van der Waals surface area contributed by atoms with Gasteiger partial charge in [0.25, 0.3) is 0 Å². The lowest BCUT2D eigenvalue weighted by atomic mass is 10.4. The molecule has 0 spiro atoms. The highest BCUT2D eigenvalue weighted by Gasteiger charge is 2.00. The van der Waals surface area contributed by atoms with Crippen LogP contribution in [0, 0.1) is 0 Å². The molecule has 0 radical (unpaired) electrons. The first-order chi connectivity index (χ1) is 7.88. The molecular weight excluding hydrogens is 222 g/mol. The monoisotopic (exact) mass is 235 g/mol. The highest BCUT2D eigenvalue weighted by Crippen LogP contribution is 2.10. The van der Waals surface area contributed by atoms with Crippen LogP contribution in [0.4, 0.5) is 0 Å². The van der Waals surface area contributed by atoms with Gasteiger partial charge in [-0.3, -0.25) is 0 Å². The Hall–Kier alpha value is -1.46. The molecule has 84 valence electrons. The van der Waals surface area contributed by atoms with Crippen LogP contribution in [0.3, 0.4) is 0 Å². The van der Waals surface area contributed by atoms with E-state index in [4.69, 9.17) is 10.5 Å². The van der Waals surface area contributed by atoms with Gasteiger partial charge in [0.2, 0.25) is 0 Å². The zero-order chi connectivity index (χ0) is 11.2. The summed E-state index contributed by atoms with van der Waals surface area (Å²) in [7, 11) is 0. The molecule has 0 saturated heterocycles. The van der Waals surface area contributed by atoms with Crippen LogP contribution in [0.2, 0.25) is 0 Å². The summed E-state index contributed by atoms with van der Waals surface area (Å²) in [6.07, 6.45) is 2.55. The molecule has 2 rings (SSSR count). The van der Waals surface area contributed by atoms with Crippen LogP contribution in [0.25, 0.3) is 0 Å². The third kappa shape index (κ3) is 3.01. The molecule has 0 saturated carbocycles. The average molecular weight is 235 g/mol. The van der Waals surface area contributed by atoms with Gasteiger partial charge in [0, 0.05) is 24.0 Å². The smallest absolute Gasteiger partial charge is 0.316 e. The molecule has 2 aromatic rings. The van der Waals surface area contributed by atoms with E-state index in [1.165, 1.54) is 4.88 Å². The summed E-state index contributed by atoms with van der Waals surface area (Å²) < 4.78 is 5.45. The maximum absolute atomic E-state index is 5.48. The maximum atomic E-state index is 5.48. The van der Waals surface area contributed by atoms with E-state index in [1.807, 2.05) is 6.07 Å². The third-order valence-electron chi connectivity index (χ3n) is 2.06. The van der Waals surface area contributed by atoms with Gasteiger partial charge in [-0.25, -0.2) is 4.98 Å². The van der Waals surface area contributed by atoms with Gasteiger partial charge in [0.1, 0.15) is 0 Å². The van der Waals surface area contributed by atoms with Crippen LogP contribution >= 0.6 is 11.3 Å². The Labute approximate surface area is 98.1 Å². The van der Waals surface area contributed by atoms with Crippen molar-refractivity contribution in [2.45, 2.75) is 13.0 Å². The lowest BCUT2D eigenvalue weighted by molar-refractivity contribution is 0.296. The summed E-state index contributed by atoms with van der Waals surface area (Å²) in [6.45, 7) is 0.998. The minimum atomic E-state index is 0.402. The molecule has 0 atom stereocenters. The predicted octanol–water partition coefficient (Wildman–Crippen LogP) is 1.62. The van der Waals surface area contributed by atoms with Gasteiger partial charge in [-0.1, -0.05) is 6.07 Å². The van der Waals surface area contributed by atoms with Gasteiger partial charge in [-0.15, -0.1) is 11.3 Å². The van der Waals surface area contributed by atoms with Gasteiger partial charge >= 0.3 is 6.01 Å². The van der Waals surface area contributed by atoms with Crippen molar-refractivity contribution in [3.05, 3.63) is 40.3 Å². The van der Waals surface area contributed by atoms with E-state index in [0.717, 1.165) is 12.1 Å². The van der Waals surface area contributed by atoms with Crippen LogP contribution in [0.5, 0.6) is 6.01 Å². The van der Waals surface area contributed by atoms with Crippen LogP contribution in [0.1, 0.15) is 10.6 Å². The van der Waals surface area contributed by atoms with Crippen molar-refractivity contribution in [1.29, 1.82) is 0 Å². The van der Waals surface area contributed by atoms with E-state index in [0.29, 0.717) is 19.2 Å². The minimum Gasteiger partial charge on any atom is -0.463 e. The zero-order valence-electron chi connectivity index (χ0n) is 8.80. The Morgan fingerprint density at radius 2 is 2.31 bits per heavy atom. The van der Waals surface area contributed by atoms with Crippen LogP contribution in [-0.2, 0) is 13.0 Å². The topological polar surface area (TPSA) is 61.0 Å². The van der Waals surface area contributed by atoms with Crippen molar-refractivity contribution < 1.29 is 4.74 Å². The summed E-state index contributed by atoms with van der Waals surface area (Å²) in [5, 5.41) is 2.06. The molecule has 0 aliphatic carbocycles. The number of nitrogens with two attached hydrogens (primary N) is 1. The third-order valence-corrected chi connectivity index (χ3v) is 3.00. The van der Waals surface area contributed by atoms with Crippen LogP contribution in [-0.4, -0.2) is 16.6 Å². The Morgan fingerprint density at radius 1 is 1.38 bits per heavy atom. The van der Waals surface area contributed by atoms with Gasteiger partial charge in [0.05, 0.1) is 12.3 Å². The molecule has 2 N–H and O–H groups in total. The van der Waals surface area contributed by atoms with E-state index in [1.54, 1.807) is 23.6 Å². The summed E-state index contributed by atoms with van der Waals surface area (Å²) in [6, 6.07) is 6.31. The maximum Gasteiger partial charge on any atom is 0.316 e. The fourth-order valence-corrected chi connectivity index (χ4v) is 1.95. The zero-order valence-corrected chi connectivity index (χ0v) is 9.61. The van der Waals surface area contributed by atoms with Crippen molar-refractivity contribution in [3.63, 3.8) is 0 Å². The van der Waals surface area contributed by atoms with Gasteiger partial charge in [0.15, 0.2) is 0 Å². The first-order valence-corrected chi connectivity index (χ1v) is 5.93. The number of hydrogen-bond acceptors (Lipinski definition) is 5. The molecule has 2 heterocycles. The average Bonchev–Trinajstić information content (AvgIpc) is 2.82. The van der Waals surface area contributed by atoms with Crippen LogP contribution in [0.15, 0.2) is 29.8 Å². The lowest BCUT2D eigenvalue weighted by Gasteiger charge is -2.03. The Morgan fingerprint density at radius 3 is 3.06 bits per heavy atom. The van der Waals surface area contributed by atoms with Gasteiger partial charge < -0.3 is 10.5 Å². The number of nitrogens with zero attached hydrogens (tertiary/aromatic N) is 2. The largest absolute Gasteiger partial charge is 0.463 e. The van der Waals surface area contributed by atoms with Crippen molar-refractivity contribution in [2.75, 3.05) is 6.61 Å². The molecule has 0 aliphatic heterocycles. The number of thiophene rings is 1. The normalized spacial score (nSPS) is 10.3. The molecule has 0 unspecified atom stereocenters. The van der Waals surface area contributed by atoms with Crippen LogP contribution < -0.4 is 10.5 Å². The first-order valence-electron chi connectivity index (χ1n) is 5.05. The second kappa shape index (κ2) is 5.58. The molecule has 5 heteroatoms. The summed E-state index contributed by atoms with van der Waals surface area (Å²) >= 11 is 1.72. The molecule has 4 nitrogen and oxygen atoms in total. The van der Waals surface area contributed by atoms with E-state index >= 15 is 0 Å². The Balaban J connectivity index is 1.85. The minimum absolute atomic E-state index is 0.402. The lowest BCUT2D eigenvalue weighted by Crippen LogP contribution is -2.06. The van der Waals surface area contributed by atoms with Crippen molar-refractivity contribution in [1.82, 2.24) is 9.97 Å². The molecule has 0 aromatic carbocycles. The van der Waals surface area contributed by atoms with E-state index in [-0.39, 0.29) is 0 Å². The van der Waals surface area contributed by atoms with Gasteiger partial charge in [-0.2, -0.15) is 4.98 Å². The van der Waals surface area contributed by atoms with E-state index < -0.39 is 0 Å². The fourth-order valence-electron chi connectivity index (χ4n) is 1.26. The molecule has 0 aliphatic rings. The van der Waals surface area contributed by atoms with Crippen molar-refractivity contribution in [2.24, 2.45) is 5.73 Å². The Bertz CT molecular complexity index is 431. The quantitative estimate of drug-likeness (QED) is 0.855. The highest BCUT2D eigenvalue weighted by molar-refractivity contribution is 7.09. The standard InChI is InChI=1S/C11H13N3OS/c12-8-9-3-5-13-11(14-9)15-6-4-10-2-1-7-16-10/h1-3,5,7H,4,6,8,12H2. The second-order valence-corrected chi connectivity index (χ2v) is 4.24. The Kier molecular flexibility index (Phi) is 3.85. The summed E-state index contributed by atoms with van der Waals surface area (Å²) in [5.74, 6) is 0. The molecule has 0 fully saturated rings. The fraction of sp³-hybridized carbons (Fsp3) is 0.273. The number of hydrogen-bond donors (Lipinski definition) is 1. The number of rotatable bonds is 5. The van der Waals surface area contributed by atoms with E-state index in [9.17, 15) is 0 Å².